The summed E-state index contributed by atoms with van der Waals surface area (Å²) in [6, 6.07) is 14.4. The van der Waals surface area contributed by atoms with E-state index in [1.807, 2.05) is 30.3 Å². The predicted molar refractivity (Wildman–Crippen MR) is 102 cm³/mol. The maximum atomic E-state index is 12.0. The van der Waals surface area contributed by atoms with Crippen molar-refractivity contribution in [2.45, 2.75) is 11.6 Å². The van der Waals surface area contributed by atoms with Crippen LogP contribution in [0.1, 0.15) is 6.42 Å². The van der Waals surface area contributed by atoms with Crippen molar-refractivity contribution in [1.29, 1.82) is 0 Å². The number of hydrogen-bond acceptors (Lipinski definition) is 6. The zero-order valence-corrected chi connectivity index (χ0v) is 15.5. The van der Waals surface area contributed by atoms with Crippen LogP contribution < -0.4 is 10.1 Å². The first kappa shape index (κ1) is 18.3. The molecule has 8 heteroatoms. The topological polar surface area (TPSA) is 77.2 Å². The molecule has 6 nitrogen and oxygen atoms in total. The van der Waals surface area contributed by atoms with Crippen LogP contribution >= 0.6 is 23.4 Å². The molecule has 0 aliphatic rings. The van der Waals surface area contributed by atoms with Crippen molar-refractivity contribution in [3.05, 3.63) is 53.6 Å². The SMILES string of the molecule is COc1cccc(NC(=O)CCSc2nnc(-c3ccc(Cl)cc3)o2)c1. The van der Waals surface area contributed by atoms with E-state index in [-0.39, 0.29) is 5.91 Å². The number of rotatable bonds is 7. The van der Waals surface area contributed by atoms with Gasteiger partial charge in [0.2, 0.25) is 11.8 Å². The van der Waals surface area contributed by atoms with Gasteiger partial charge in [-0.2, -0.15) is 0 Å². The number of thioether (sulfide) groups is 1. The fraction of sp³-hybridized carbons (Fsp3) is 0.167. The van der Waals surface area contributed by atoms with Gasteiger partial charge in [-0.25, -0.2) is 0 Å². The highest BCUT2D eigenvalue weighted by Gasteiger charge is 2.10. The van der Waals surface area contributed by atoms with Crippen LogP contribution in [-0.4, -0.2) is 29.0 Å². The van der Waals surface area contributed by atoms with Crippen LogP contribution in [0.15, 0.2) is 58.2 Å². The number of nitrogens with one attached hydrogen (secondary N) is 1. The zero-order valence-electron chi connectivity index (χ0n) is 13.9. The van der Waals surface area contributed by atoms with Gasteiger partial charge in [-0.1, -0.05) is 29.4 Å². The van der Waals surface area contributed by atoms with E-state index in [1.165, 1.54) is 11.8 Å². The summed E-state index contributed by atoms with van der Waals surface area (Å²) in [5, 5.41) is 11.9. The van der Waals surface area contributed by atoms with Gasteiger partial charge in [0.05, 0.1) is 7.11 Å². The van der Waals surface area contributed by atoms with E-state index >= 15 is 0 Å². The smallest absolute Gasteiger partial charge is 0.276 e. The van der Waals surface area contributed by atoms with E-state index in [0.29, 0.717) is 39.7 Å². The zero-order chi connectivity index (χ0) is 18.4. The first-order chi connectivity index (χ1) is 12.6. The van der Waals surface area contributed by atoms with Gasteiger partial charge in [-0.05, 0) is 36.4 Å². The molecule has 0 saturated carbocycles. The molecule has 0 bridgehead atoms. The summed E-state index contributed by atoms with van der Waals surface area (Å²) >= 11 is 7.20. The number of aromatic nitrogens is 2. The Morgan fingerprint density at radius 2 is 2.04 bits per heavy atom. The Bertz CT molecular complexity index is 883. The molecular weight excluding hydrogens is 374 g/mol. The first-order valence-corrected chi connectivity index (χ1v) is 9.16. The van der Waals surface area contributed by atoms with E-state index in [9.17, 15) is 4.79 Å². The van der Waals surface area contributed by atoms with Gasteiger partial charge < -0.3 is 14.5 Å². The van der Waals surface area contributed by atoms with Crippen molar-refractivity contribution in [3.63, 3.8) is 0 Å². The normalized spacial score (nSPS) is 10.5. The molecule has 0 aliphatic heterocycles. The summed E-state index contributed by atoms with van der Waals surface area (Å²) in [4.78, 5) is 12.0. The Morgan fingerprint density at radius 3 is 2.81 bits per heavy atom. The van der Waals surface area contributed by atoms with Crippen LogP contribution in [0.3, 0.4) is 0 Å². The number of benzene rings is 2. The summed E-state index contributed by atoms with van der Waals surface area (Å²) < 4.78 is 10.7. The maximum Gasteiger partial charge on any atom is 0.276 e. The molecule has 1 aromatic heterocycles. The highest BCUT2D eigenvalue weighted by atomic mass is 35.5. The van der Waals surface area contributed by atoms with Crippen LogP contribution in [0.5, 0.6) is 5.75 Å². The van der Waals surface area contributed by atoms with Gasteiger partial charge in [0, 0.05) is 34.5 Å². The molecule has 0 saturated heterocycles. The molecule has 1 heterocycles. The molecule has 2 aromatic carbocycles. The van der Waals surface area contributed by atoms with Crippen molar-refractivity contribution in [1.82, 2.24) is 10.2 Å². The molecule has 0 atom stereocenters. The minimum atomic E-state index is -0.0943. The van der Waals surface area contributed by atoms with E-state index in [1.54, 1.807) is 25.3 Å². The van der Waals surface area contributed by atoms with Gasteiger partial charge in [0.1, 0.15) is 5.75 Å². The van der Waals surface area contributed by atoms with Crippen LogP contribution in [0, 0.1) is 0 Å². The van der Waals surface area contributed by atoms with Gasteiger partial charge >= 0.3 is 0 Å². The second-order valence-electron chi connectivity index (χ2n) is 5.26. The Kier molecular flexibility index (Phi) is 6.14. The summed E-state index contributed by atoms with van der Waals surface area (Å²) in [7, 11) is 1.58. The molecule has 1 amide bonds. The van der Waals surface area contributed by atoms with Crippen LogP contribution in [0.4, 0.5) is 5.69 Å². The highest BCUT2D eigenvalue weighted by molar-refractivity contribution is 7.99. The summed E-state index contributed by atoms with van der Waals surface area (Å²) in [5.41, 5.74) is 1.49. The Balaban J connectivity index is 1.48. The molecular formula is C18H16ClN3O3S. The molecule has 134 valence electrons. The number of nitrogens with zero attached hydrogens (tertiary/aromatic N) is 2. The average molecular weight is 390 g/mol. The van der Waals surface area contributed by atoms with Crippen LogP contribution in [0.25, 0.3) is 11.5 Å². The maximum absolute atomic E-state index is 12.0. The number of ether oxygens (including phenoxy) is 1. The lowest BCUT2D eigenvalue weighted by atomic mass is 10.2. The molecule has 0 unspecified atom stereocenters. The highest BCUT2D eigenvalue weighted by Crippen LogP contribution is 2.25. The van der Waals surface area contributed by atoms with Gasteiger partial charge in [0.15, 0.2) is 0 Å². The average Bonchev–Trinajstić information content (AvgIpc) is 3.11. The molecule has 3 aromatic rings. The van der Waals surface area contributed by atoms with Crippen LogP contribution in [-0.2, 0) is 4.79 Å². The van der Waals surface area contributed by atoms with Crippen molar-refractivity contribution >= 4 is 35.0 Å². The van der Waals surface area contributed by atoms with Crippen LogP contribution in [0.2, 0.25) is 5.02 Å². The lowest BCUT2D eigenvalue weighted by Crippen LogP contribution is -2.12. The molecule has 0 radical (unpaired) electrons. The number of anilines is 1. The predicted octanol–water partition coefficient (Wildman–Crippen LogP) is 4.52. The standard InChI is InChI=1S/C18H16ClN3O3S/c1-24-15-4-2-3-14(11-15)20-16(23)9-10-26-18-22-21-17(25-18)12-5-7-13(19)8-6-12/h2-8,11H,9-10H2,1H3,(H,20,23). The largest absolute Gasteiger partial charge is 0.497 e. The second kappa shape index (κ2) is 8.73. The minimum absolute atomic E-state index is 0.0943. The Labute approximate surface area is 159 Å². The van der Waals surface area contributed by atoms with Crippen molar-refractivity contribution in [3.8, 4) is 17.2 Å². The number of amides is 1. The summed E-state index contributed by atoms with van der Waals surface area (Å²) in [6.07, 6.45) is 0.320. The quantitative estimate of drug-likeness (QED) is 0.598. The number of carbonyl (C=O) groups excluding carboxylic acids is 1. The van der Waals surface area contributed by atoms with E-state index in [0.717, 1.165) is 5.56 Å². The van der Waals surface area contributed by atoms with E-state index < -0.39 is 0 Å². The van der Waals surface area contributed by atoms with Gasteiger partial charge in [0.25, 0.3) is 5.22 Å². The van der Waals surface area contributed by atoms with Crippen molar-refractivity contribution < 1.29 is 13.9 Å². The third-order valence-corrected chi connectivity index (χ3v) is 4.48. The van der Waals surface area contributed by atoms with Crippen molar-refractivity contribution in [2.24, 2.45) is 0 Å². The Morgan fingerprint density at radius 1 is 1.23 bits per heavy atom. The lowest BCUT2D eigenvalue weighted by molar-refractivity contribution is -0.115. The van der Waals surface area contributed by atoms with Crippen molar-refractivity contribution in [2.75, 3.05) is 18.2 Å². The van der Waals surface area contributed by atoms with Gasteiger partial charge in [-0.3, -0.25) is 4.79 Å². The first-order valence-electron chi connectivity index (χ1n) is 7.80. The fourth-order valence-corrected chi connectivity index (χ4v) is 2.96. The fourth-order valence-electron chi connectivity index (χ4n) is 2.13. The lowest BCUT2D eigenvalue weighted by Gasteiger charge is -2.06. The minimum Gasteiger partial charge on any atom is -0.497 e. The molecule has 0 spiro atoms. The van der Waals surface area contributed by atoms with E-state index in [4.69, 9.17) is 20.8 Å². The second-order valence-corrected chi connectivity index (χ2v) is 6.74. The third-order valence-electron chi connectivity index (χ3n) is 3.41. The number of methoxy groups -OCH3 is 1. The molecule has 1 N–H and O–H groups in total. The molecule has 3 rings (SSSR count). The molecule has 0 aliphatic carbocycles. The number of halogens is 1. The number of carbonyl (C=O) groups is 1. The van der Waals surface area contributed by atoms with Gasteiger partial charge in [-0.15, -0.1) is 10.2 Å². The molecule has 0 fully saturated rings. The monoisotopic (exact) mass is 389 g/mol. The summed E-state index contributed by atoms with van der Waals surface area (Å²) in [5.74, 6) is 1.55. The third kappa shape index (κ3) is 5.00. The summed E-state index contributed by atoms with van der Waals surface area (Å²) in [6.45, 7) is 0. The number of hydrogen-bond donors (Lipinski definition) is 1. The molecule has 26 heavy (non-hydrogen) atoms. The van der Waals surface area contributed by atoms with E-state index in [2.05, 4.69) is 15.5 Å². The Hall–Kier alpha value is -2.51.